The van der Waals surface area contributed by atoms with Crippen LogP contribution >= 0.6 is 11.6 Å². The first-order valence-corrected chi connectivity index (χ1v) is 8.05. The second-order valence-electron chi connectivity index (χ2n) is 5.94. The molecule has 1 N–H and O–H groups in total. The molecule has 1 unspecified atom stereocenters. The molecule has 2 aliphatic rings. The van der Waals surface area contributed by atoms with Gasteiger partial charge < -0.3 is 10.2 Å². The molecule has 4 rings (SSSR count). The third-order valence-corrected chi connectivity index (χ3v) is 4.90. The lowest BCUT2D eigenvalue weighted by Gasteiger charge is -2.24. The predicted molar refractivity (Wildman–Crippen MR) is 89.2 cm³/mol. The topological polar surface area (TPSA) is 15.3 Å². The highest BCUT2D eigenvalue weighted by Gasteiger charge is 2.30. The quantitative estimate of drug-likeness (QED) is 0.863. The molecular formula is C18H19ClN2. The molecule has 21 heavy (non-hydrogen) atoms. The molecule has 0 spiro atoms. The van der Waals surface area contributed by atoms with Gasteiger partial charge in [0.15, 0.2) is 0 Å². The summed E-state index contributed by atoms with van der Waals surface area (Å²) < 4.78 is 0. The van der Waals surface area contributed by atoms with Crippen molar-refractivity contribution in [3.05, 3.63) is 53.1 Å². The molecule has 0 amide bonds. The first kappa shape index (κ1) is 13.2. The number of nitrogens with zero attached hydrogens (tertiary/aromatic N) is 1. The van der Waals surface area contributed by atoms with Gasteiger partial charge in [-0.2, -0.15) is 0 Å². The third-order valence-electron chi connectivity index (χ3n) is 4.65. The Labute approximate surface area is 130 Å². The highest BCUT2D eigenvalue weighted by atomic mass is 35.5. The maximum Gasteiger partial charge on any atom is 0.0408 e. The van der Waals surface area contributed by atoms with E-state index in [4.69, 9.17) is 11.6 Å². The van der Waals surface area contributed by atoms with E-state index in [0.29, 0.717) is 6.04 Å². The maximum absolute atomic E-state index is 5.99. The summed E-state index contributed by atoms with van der Waals surface area (Å²) in [5, 5.41) is 4.29. The molecule has 2 heterocycles. The van der Waals surface area contributed by atoms with Crippen LogP contribution in [0.4, 0.5) is 5.69 Å². The lowest BCUT2D eigenvalue weighted by Crippen LogP contribution is -2.32. The van der Waals surface area contributed by atoms with Crippen molar-refractivity contribution in [3.8, 4) is 11.1 Å². The summed E-state index contributed by atoms with van der Waals surface area (Å²) in [5.74, 6) is 0. The number of nitrogens with one attached hydrogen (secondary N) is 1. The second-order valence-corrected chi connectivity index (χ2v) is 6.38. The van der Waals surface area contributed by atoms with Crippen molar-refractivity contribution in [3.63, 3.8) is 0 Å². The van der Waals surface area contributed by atoms with Gasteiger partial charge in [0, 0.05) is 29.8 Å². The molecule has 2 aromatic carbocycles. The zero-order chi connectivity index (χ0) is 14.2. The molecule has 0 saturated carbocycles. The predicted octanol–water partition coefficient (Wildman–Crippen LogP) is 3.73. The summed E-state index contributed by atoms with van der Waals surface area (Å²) in [6.45, 7) is 3.34. The summed E-state index contributed by atoms with van der Waals surface area (Å²) in [6, 6.07) is 15.7. The molecule has 2 aromatic rings. The van der Waals surface area contributed by atoms with Gasteiger partial charge in [-0.15, -0.1) is 0 Å². The zero-order valence-electron chi connectivity index (χ0n) is 12.0. The fourth-order valence-corrected chi connectivity index (χ4v) is 3.67. The van der Waals surface area contributed by atoms with E-state index in [1.807, 2.05) is 12.1 Å². The van der Waals surface area contributed by atoms with Crippen molar-refractivity contribution in [2.75, 3.05) is 24.5 Å². The van der Waals surface area contributed by atoms with E-state index in [-0.39, 0.29) is 0 Å². The number of hydrogen-bond donors (Lipinski definition) is 1. The van der Waals surface area contributed by atoms with Gasteiger partial charge in [-0.3, -0.25) is 0 Å². The Hall–Kier alpha value is -1.51. The van der Waals surface area contributed by atoms with Gasteiger partial charge >= 0.3 is 0 Å². The summed E-state index contributed by atoms with van der Waals surface area (Å²) in [6.07, 6.45) is 2.43. The van der Waals surface area contributed by atoms with Gasteiger partial charge in [0.25, 0.3) is 0 Å². The number of benzene rings is 2. The fraction of sp³-hybridized carbons (Fsp3) is 0.333. The van der Waals surface area contributed by atoms with Crippen LogP contribution in [0.3, 0.4) is 0 Å². The van der Waals surface area contributed by atoms with Crippen LogP contribution in [0.2, 0.25) is 5.02 Å². The summed E-state index contributed by atoms with van der Waals surface area (Å²) in [7, 11) is 0. The van der Waals surface area contributed by atoms with Gasteiger partial charge in [0.1, 0.15) is 0 Å². The van der Waals surface area contributed by atoms with Crippen molar-refractivity contribution in [1.82, 2.24) is 5.32 Å². The van der Waals surface area contributed by atoms with E-state index in [2.05, 4.69) is 40.5 Å². The Bertz CT molecular complexity index is 651. The van der Waals surface area contributed by atoms with E-state index in [1.165, 1.54) is 35.2 Å². The van der Waals surface area contributed by atoms with Crippen molar-refractivity contribution in [1.29, 1.82) is 0 Å². The Morgan fingerprint density at radius 1 is 1.00 bits per heavy atom. The standard InChI is InChI=1S/C18H19ClN2/c19-16-5-3-13(4-6-16)14-1-2-15-11-17-7-8-20-9-10-21(17)18(15)12-14/h1-6,12,17,20H,7-11H2. The van der Waals surface area contributed by atoms with Crippen LogP contribution in [0.5, 0.6) is 0 Å². The molecule has 0 radical (unpaired) electrons. The number of anilines is 1. The minimum absolute atomic E-state index is 0.676. The average Bonchev–Trinajstić information content (AvgIpc) is 2.68. The number of halogens is 1. The second kappa shape index (κ2) is 5.36. The van der Waals surface area contributed by atoms with Crippen molar-refractivity contribution in [2.24, 2.45) is 0 Å². The van der Waals surface area contributed by atoms with Gasteiger partial charge in [0.2, 0.25) is 0 Å². The third kappa shape index (κ3) is 2.43. The normalized spacial score (nSPS) is 20.8. The minimum atomic E-state index is 0.676. The van der Waals surface area contributed by atoms with Crippen molar-refractivity contribution < 1.29 is 0 Å². The largest absolute Gasteiger partial charge is 0.367 e. The van der Waals surface area contributed by atoms with Crippen LogP contribution in [-0.2, 0) is 6.42 Å². The molecule has 2 aliphatic heterocycles. The molecule has 1 saturated heterocycles. The lowest BCUT2D eigenvalue weighted by atomic mass is 10.0. The SMILES string of the molecule is Clc1ccc(-c2ccc3c(c2)N2CCNCCC2C3)cc1. The van der Waals surface area contributed by atoms with Crippen LogP contribution in [0.25, 0.3) is 11.1 Å². The van der Waals surface area contributed by atoms with E-state index >= 15 is 0 Å². The summed E-state index contributed by atoms with van der Waals surface area (Å²) >= 11 is 5.99. The molecule has 2 nitrogen and oxygen atoms in total. The number of rotatable bonds is 1. The van der Waals surface area contributed by atoms with Crippen molar-refractivity contribution in [2.45, 2.75) is 18.9 Å². The molecule has 1 fully saturated rings. The molecular weight excluding hydrogens is 280 g/mol. The van der Waals surface area contributed by atoms with Crippen LogP contribution < -0.4 is 10.2 Å². The smallest absolute Gasteiger partial charge is 0.0408 e. The monoisotopic (exact) mass is 298 g/mol. The molecule has 108 valence electrons. The Morgan fingerprint density at radius 2 is 1.81 bits per heavy atom. The Balaban J connectivity index is 1.71. The van der Waals surface area contributed by atoms with Crippen LogP contribution in [0.1, 0.15) is 12.0 Å². The number of hydrogen-bond acceptors (Lipinski definition) is 2. The highest BCUT2D eigenvalue weighted by molar-refractivity contribution is 6.30. The van der Waals surface area contributed by atoms with E-state index in [1.54, 1.807) is 0 Å². The molecule has 1 atom stereocenters. The average molecular weight is 299 g/mol. The van der Waals surface area contributed by atoms with E-state index in [9.17, 15) is 0 Å². The van der Waals surface area contributed by atoms with Gasteiger partial charge in [-0.05, 0) is 54.3 Å². The summed E-state index contributed by atoms with van der Waals surface area (Å²) in [4.78, 5) is 2.59. The van der Waals surface area contributed by atoms with Gasteiger partial charge in [-0.25, -0.2) is 0 Å². The van der Waals surface area contributed by atoms with E-state index in [0.717, 1.165) is 24.7 Å². The first-order chi connectivity index (χ1) is 10.3. The van der Waals surface area contributed by atoms with Crippen LogP contribution in [0.15, 0.2) is 42.5 Å². The molecule has 0 aromatic heterocycles. The Kier molecular flexibility index (Phi) is 3.36. The van der Waals surface area contributed by atoms with Crippen molar-refractivity contribution >= 4 is 17.3 Å². The maximum atomic E-state index is 5.99. The highest BCUT2D eigenvalue weighted by Crippen LogP contribution is 2.37. The summed E-state index contributed by atoms with van der Waals surface area (Å²) in [5.41, 5.74) is 5.44. The fourth-order valence-electron chi connectivity index (χ4n) is 3.54. The number of fused-ring (bicyclic) bond motifs is 3. The first-order valence-electron chi connectivity index (χ1n) is 7.67. The van der Waals surface area contributed by atoms with E-state index < -0.39 is 0 Å². The molecule has 3 heteroatoms. The molecule has 0 aliphatic carbocycles. The minimum Gasteiger partial charge on any atom is -0.367 e. The zero-order valence-corrected chi connectivity index (χ0v) is 12.7. The van der Waals surface area contributed by atoms with Crippen LogP contribution in [-0.4, -0.2) is 25.7 Å². The Morgan fingerprint density at radius 3 is 2.67 bits per heavy atom. The van der Waals surface area contributed by atoms with Crippen LogP contribution in [0, 0.1) is 0 Å². The molecule has 0 bridgehead atoms. The lowest BCUT2D eigenvalue weighted by molar-refractivity contribution is 0.612. The van der Waals surface area contributed by atoms with Gasteiger partial charge in [-0.1, -0.05) is 35.9 Å². The van der Waals surface area contributed by atoms with Gasteiger partial charge in [0.05, 0.1) is 0 Å².